The van der Waals surface area contributed by atoms with Crippen LogP contribution in [0.5, 0.6) is 11.5 Å². The molecular weight excluding hydrogens is 306 g/mol. The summed E-state index contributed by atoms with van der Waals surface area (Å²) in [6, 6.07) is 5.85. The number of ether oxygens (including phenoxy) is 2. The fraction of sp³-hybridized carbons (Fsp3) is 0.471. The van der Waals surface area contributed by atoms with Crippen molar-refractivity contribution in [3.63, 3.8) is 0 Å². The molecule has 0 amide bonds. The molecule has 3 rings (SSSR count). The number of nitrogens with two attached hydrogens (primary N) is 1. The minimum atomic E-state index is -0.184. The molecule has 0 radical (unpaired) electrons. The van der Waals surface area contributed by atoms with Crippen LogP contribution in [0.4, 0.5) is 5.69 Å². The third-order valence-electron chi connectivity index (χ3n) is 3.92. The van der Waals surface area contributed by atoms with E-state index in [1.807, 2.05) is 37.1 Å². The van der Waals surface area contributed by atoms with Crippen LogP contribution in [-0.2, 0) is 0 Å². The number of fused-ring (bicyclic) bond motifs is 1. The fourth-order valence-electron chi connectivity index (χ4n) is 2.66. The van der Waals surface area contributed by atoms with Gasteiger partial charge in [0.2, 0.25) is 0 Å². The highest BCUT2D eigenvalue weighted by Crippen LogP contribution is 2.33. The average molecular weight is 331 g/mol. The molecule has 1 aromatic rings. The first kappa shape index (κ1) is 16.4. The van der Waals surface area contributed by atoms with Gasteiger partial charge in [0.15, 0.2) is 17.8 Å². The van der Waals surface area contributed by atoms with Gasteiger partial charge in [0.25, 0.3) is 0 Å². The van der Waals surface area contributed by atoms with Crippen LogP contribution in [0.3, 0.4) is 0 Å². The number of nitrogens with zero attached hydrogens (tertiary/aromatic N) is 2. The molecule has 0 spiro atoms. The molecule has 1 aromatic carbocycles. The second-order valence-electron chi connectivity index (χ2n) is 5.90. The van der Waals surface area contributed by atoms with Crippen LogP contribution in [0, 0.1) is 0 Å². The lowest BCUT2D eigenvalue weighted by Crippen LogP contribution is -2.41. The maximum absolute atomic E-state index is 5.63. The Morgan fingerprint density at radius 2 is 2.08 bits per heavy atom. The summed E-state index contributed by atoms with van der Waals surface area (Å²) in [5.74, 6) is 2.45. The summed E-state index contributed by atoms with van der Waals surface area (Å²) in [6.07, 6.45) is 2.81. The molecule has 1 unspecified atom stereocenters. The molecule has 0 aliphatic carbocycles. The Kier molecular flexibility index (Phi) is 5.10. The van der Waals surface area contributed by atoms with Gasteiger partial charge in [0.1, 0.15) is 19.0 Å². The number of hydrogen-bond acceptors (Lipinski definition) is 7. The minimum Gasteiger partial charge on any atom is -0.486 e. The van der Waals surface area contributed by atoms with Crippen molar-refractivity contribution in [2.75, 3.05) is 38.7 Å². The van der Waals surface area contributed by atoms with Crippen molar-refractivity contribution in [1.82, 2.24) is 10.2 Å². The molecule has 24 heavy (non-hydrogen) atoms. The summed E-state index contributed by atoms with van der Waals surface area (Å²) in [4.78, 5) is 6.80. The van der Waals surface area contributed by atoms with Gasteiger partial charge in [-0.2, -0.15) is 0 Å². The van der Waals surface area contributed by atoms with E-state index < -0.39 is 0 Å². The Morgan fingerprint density at radius 1 is 1.29 bits per heavy atom. The van der Waals surface area contributed by atoms with Crippen LogP contribution in [0.1, 0.15) is 13.3 Å². The number of aliphatic imine (C=N–C) groups is 1. The topological polar surface area (TPSA) is 84.1 Å². The van der Waals surface area contributed by atoms with Gasteiger partial charge >= 0.3 is 0 Å². The van der Waals surface area contributed by atoms with Gasteiger partial charge in [-0.3, -0.25) is 0 Å². The van der Waals surface area contributed by atoms with Crippen molar-refractivity contribution in [2.45, 2.75) is 19.6 Å². The highest BCUT2D eigenvalue weighted by molar-refractivity contribution is 5.98. The predicted octanol–water partition coefficient (Wildman–Crippen LogP) is 1.34. The minimum absolute atomic E-state index is 0.184. The molecule has 7 nitrogen and oxygen atoms in total. The molecule has 0 saturated carbocycles. The average Bonchev–Trinajstić information content (AvgIpc) is 2.59. The number of hydrogen-bond donors (Lipinski definition) is 3. The van der Waals surface area contributed by atoms with Gasteiger partial charge in [0, 0.05) is 37.1 Å². The van der Waals surface area contributed by atoms with E-state index in [1.165, 1.54) is 0 Å². The van der Waals surface area contributed by atoms with Gasteiger partial charge in [-0.15, -0.1) is 0 Å². The number of benzene rings is 1. The first-order valence-electron chi connectivity index (χ1n) is 8.26. The van der Waals surface area contributed by atoms with E-state index in [0.717, 1.165) is 41.6 Å². The maximum atomic E-state index is 5.63. The highest BCUT2D eigenvalue weighted by atomic mass is 16.6. The van der Waals surface area contributed by atoms with Crippen molar-refractivity contribution in [3.8, 4) is 11.5 Å². The number of amidine groups is 1. The first-order valence-corrected chi connectivity index (χ1v) is 8.26. The van der Waals surface area contributed by atoms with E-state index in [2.05, 4.69) is 16.8 Å². The SMILES string of the molecule is CC1=CN(C)C(Nc2ccc3c(c2)OCCO3)N=C1NCCCN. The molecule has 130 valence electrons. The van der Waals surface area contributed by atoms with Crippen LogP contribution in [-0.4, -0.2) is 50.4 Å². The van der Waals surface area contributed by atoms with Crippen molar-refractivity contribution in [1.29, 1.82) is 0 Å². The largest absolute Gasteiger partial charge is 0.486 e. The van der Waals surface area contributed by atoms with Crippen LogP contribution < -0.4 is 25.8 Å². The zero-order valence-electron chi connectivity index (χ0n) is 14.2. The van der Waals surface area contributed by atoms with Gasteiger partial charge in [-0.05, 0) is 32.0 Å². The van der Waals surface area contributed by atoms with E-state index in [1.54, 1.807) is 0 Å². The van der Waals surface area contributed by atoms with Crippen LogP contribution in [0.25, 0.3) is 0 Å². The molecular formula is C17H25N5O2. The molecule has 0 bridgehead atoms. The number of anilines is 1. The summed E-state index contributed by atoms with van der Waals surface area (Å²) in [6.45, 7) is 4.71. The molecule has 0 fully saturated rings. The van der Waals surface area contributed by atoms with E-state index in [9.17, 15) is 0 Å². The lowest BCUT2D eigenvalue weighted by Gasteiger charge is -2.31. The summed E-state index contributed by atoms with van der Waals surface area (Å²) in [5, 5.41) is 6.76. The molecule has 4 N–H and O–H groups in total. The fourth-order valence-corrected chi connectivity index (χ4v) is 2.66. The van der Waals surface area contributed by atoms with Crippen LogP contribution >= 0.6 is 0 Å². The molecule has 2 aliphatic heterocycles. The van der Waals surface area contributed by atoms with Crippen molar-refractivity contribution >= 4 is 11.5 Å². The third kappa shape index (κ3) is 3.73. The second-order valence-corrected chi connectivity index (χ2v) is 5.90. The Labute approximate surface area is 142 Å². The lowest BCUT2D eigenvalue weighted by atomic mass is 10.2. The predicted molar refractivity (Wildman–Crippen MR) is 95.5 cm³/mol. The van der Waals surface area contributed by atoms with Crippen LogP contribution in [0.15, 0.2) is 35.0 Å². The molecule has 2 heterocycles. The van der Waals surface area contributed by atoms with Gasteiger partial charge < -0.3 is 30.7 Å². The molecule has 0 saturated heterocycles. The zero-order valence-corrected chi connectivity index (χ0v) is 14.2. The third-order valence-corrected chi connectivity index (χ3v) is 3.92. The molecule has 2 aliphatic rings. The van der Waals surface area contributed by atoms with Gasteiger partial charge in [-0.1, -0.05) is 0 Å². The quantitative estimate of drug-likeness (QED) is 0.706. The summed E-state index contributed by atoms with van der Waals surface area (Å²) < 4.78 is 11.2. The lowest BCUT2D eigenvalue weighted by molar-refractivity contribution is 0.171. The Hall–Kier alpha value is -2.41. The number of nitrogens with one attached hydrogen (secondary N) is 2. The first-order chi connectivity index (χ1) is 11.7. The zero-order chi connectivity index (χ0) is 16.9. The molecule has 1 atom stereocenters. The Morgan fingerprint density at radius 3 is 2.88 bits per heavy atom. The monoisotopic (exact) mass is 331 g/mol. The molecule has 0 aromatic heterocycles. The second kappa shape index (κ2) is 7.44. The Bertz CT molecular complexity index is 644. The Balaban J connectivity index is 1.71. The molecule has 7 heteroatoms. The standard InChI is InChI=1S/C17H25N5O2/c1-12-11-22(2)17(21-16(12)19-7-3-6-18)20-13-4-5-14-15(10-13)24-9-8-23-14/h4-5,10-11,17,20H,3,6-9,18H2,1-2H3,(H,19,21). The maximum Gasteiger partial charge on any atom is 0.198 e. The van der Waals surface area contributed by atoms with Crippen LogP contribution in [0.2, 0.25) is 0 Å². The summed E-state index contributed by atoms with van der Waals surface area (Å²) in [7, 11) is 2.00. The summed E-state index contributed by atoms with van der Waals surface area (Å²) >= 11 is 0. The smallest absolute Gasteiger partial charge is 0.198 e. The summed E-state index contributed by atoms with van der Waals surface area (Å²) in [5.41, 5.74) is 7.59. The van der Waals surface area contributed by atoms with Gasteiger partial charge in [0.05, 0.1) is 0 Å². The number of rotatable bonds is 5. The van der Waals surface area contributed by atoms with E-state index in [-0.39, 0.29) is 6.29 Å². The van der Waals surface area contributed by atoms with Crippen molar-refractivity contribution < 1.29 is 9.47 Å². The highest BCUT2D eigenvalue weighted by Gasteiger charge is 2.20. The van der Waals surface area contributed by atoms with Crippen molar-refractivity contribution in [3.05, 3.63) is 30.0 Å². The normalized spacial score (nSPS) is 19.5. The van der Waals surface area contributed by atoms with E-state index >= 15 is 0 Å². The van der Waals surface area contributed by atoms with E-state index in [4.69, 9.17) is 20.2 Å². The van der Waals surface area contributed by atoms with Gasteiger partial charge in [-0.25, -0.2) is 4.99 Å². The van der Waals surface area contributed by atoms with E-state index in [0.29, 0.717) is 19.8 Å². The van der Waals surface area contributed by atoms with Crippen molar-refractivity contribution in [2.24, 2.45) is 10.7 Å².